The molecule has 20 heavy (non-hydrogen) atoms. The zero-order valence-electron chi connectivity index (χ0n) is 11.4. The number of anilines is 1. The van der Waals surface area contributed by atoms with E-state index in [4.69, 9.17) is 0 Å². The van der Waals surface area contributed by atoms with Gasteiger partial charge >= 0.3 is 0 Å². The normalized spacial score (nSPS) is 11.8. The summed E-state index contributed by atoms with van der Waals surface area (Å²) in [6.45, 7) is 2.71. The number of para-hydroxylation sites is 1. The number of nitrogens with zero attached hydrogens (tertiary/aromatic N) is 3. The van der Waals surface area contributed by atoms with E-state index in [-0.39, 0.29) is 11.4 Å². The third-order valence-corrected chi connectivity index (χ3v) is 4.64. The smallest absolute Gasteiger partial charge is 0.245 e. The molecule has 0 fully saturated rings. The van der Waals surface area contributed by atoms with Gasteiger partial charge in [0.15, 0.2) is 0 Å². The maximum atomic E-state index is 12.6. The van der Waals surface area contributed by atoms with Crippen LogP contribution in [0, 0.1) is 0 Å². The molecule has 2 rings (SSSR count). The van der Waals surface area contributed by atoms with E-state index in [2.05, 4.69) is 20.5 Å². The van der Waals surface area contributed by atoms with Gasteiger partial charge in [-0.2, -0.15) is 9.40 Å². The van der Waals surface area contributed by atoms with Gasteiger partial charge in [0.05, 0.1) is 12.2 Å². The molecule has 0 atom stereocenters. The molecule has 1 aromatic heterocycles. The summed E-state index contributed by atoms with van der Waals surface area (Å²) in [6.07, 6.45) is 1.35. The number of sulfonamides is 1. The third kappa shape index (κ3) is 2.97. The number of aromatic nitrogens is 3. The lowest BCUT2D eigenvalue weighted by Crippen LogP contribution is -2.27. The molecule has 1 aromatic carbocycles. The largest absolute Gasteiger partial charge is 0.384 e. The Morgan fingerprint density at radius 1 is 1.35 bits per heavy atom. The molecule has 0 bridgehead atoms. The van der Waals surface area contributed by atoms with Gasteiger partial charge in [0.1, 0.15) is 17.0 Å². The maximum absolute atomic E-state index is 12.6. The van der Waals surface area contributed by atoms with Crippen LogP contribution in [0.15, 0.2) is 35.5 Å². The predicted molar refractivity (Wildman–Crippen MR) is 75.6 cm³/mol. The zero-order valence-corrected chi connectivity index (χ0v) is 12.2. The number of aromatic amines is 1. The zero-order chi connectivity index (χ0) is 14.6. The van der Waals surface area contributed by atoms with E-state index in [1.165, 1.54) is 17.7 Å². The highest BCUT2D eigenvalue weighted by Crippen LogP contribution is 2.24. The molecule has 108 valence electrons. The Morgan fingerprint density at radius 2 is 2.10 bits per heavy atom. The van der Waals surface area contributed by atoms with Gasteiger partial charge in [-0.15, -0.1) is 0 Å². The van der Waals surface area contributed by atoms with E-state index in [0.717, 1.165) is 0 Å². The van der Waals surface area contributed by atoms with Crippen LogP contribution in [-0.4, -0.2) is 41.5 Å². The molecule has 1 heterocycles. The van der Waals surface area contributed by atoms with Crippen LogP contribution in [-0.2, 0) is 16.6 Å². The molecular weight excluding hydrogens is 278 g/mol. The van der Waals surface area contributed by atoms with Crippen molar-refractivity contribution < 1.29 is 8.42 Å². The Labute approximate surface area is 118 Å². The summed E-state index contributed by atoms with van der Waals surface area (Å²) >= 11 is 0. The van der Waals surface area contributed by atoms with Crippen LogP contribution in [0.2, 0.25) is 0 Å². The summed E-state index contributed by atoms with van der Waals surface area (Å²) < 4.78 is 26.4. The standard InChI is InChI=1S/C12H17N5O2S/c1-3-13-10-6-4-5-7-11(10)20(18,19)17(2)8-12-14-9-15-16-12/h4-7,9,13H,3,8H2,1-2H3,(H,14,15,16). The number of H-pyrrole nitrogens is 1. The Morgan fingerprint density at radius 3 is 2.75 bits per heavy atom. The first-order valence-corrected chi connectivity index (χ1v) is 7.63. The van der Waals surface area contributed by atoms with Crippen molar-refractivity contribution in [2.24, 2.45) is 0 Å². The molecule has 0 radical (unpaired) electrons. The molecule has 2 N–H and O–H groups in total. The van der Waals surface area contributed by atoms with E-state index < -0.39 is 10.0 Å². The summed E-state index contributed by atoms with van der Waals surface area (Å²) in [5.41, 5.74) is 0.597. The minimum absolute atomic E-state index is 0.142. The summed E-state index contributed by atoms with van der Waals surface area (Å²) in [7, 11) is -2.07. The van der Waals surface area contributed by atoms with Crippen molar-refractivity contribution in [1.82, 2.24) is 19.5 Å². The van der Waals surface area contributed by atoms with Crippen molar-refractivity contribution in [2.45, 2.75) is 18.4 Å². The van der Waals surface area contributed by atoms with Crippen LogP contribution in [0.4, 0.5) is 5.69 Å². The second kappa shape index (κ2) is 6.02. The van der Waals surface area contributed by atoms with Crippen molar-refractivity contribution in [2.75, 3.05) is 18.9 Å². The second-order valence-electron chi connectivity index (χ2n) is 4.22. The Bertz CT molecular complexity index is 654. The lowest BCUT2D eigenvalue weighted by Gasteiger charge is -2.18. The van der Waals surface area contributed by atoms with E-state index in [0.29, 0.717) is 18.1 Å². The second-order valence-corrected chi connectivity index (χ2v) is 6.23. The molecule has 0 saturated heterocycles. The summed E-state index contributed by atoms with van der Waals surface area (Å²) in [5.74, 6) is 0.497. The first kappa shape index (κ1) is 14.5. The topological polar surface area (TPSA) is 91.0 Å². The lowest BCUT2D eigenvalue weighted by molar-refractivity contribution is 0.457. The van der Waals surface area contributed by atoms with Gasteiger partial charge in [0, 0.05) is 13.6 Å². The van der Waals surface area contributed by atoms with Gasteiger partial charge < -0.3 is 5.32 Å². The average molecular weight is 295 g/mol. The molecule has 8 heteroatoms. The van der Waals surface area contributed by atoms with Crippen LogP contribution < -0.4 is 5.32 Å². The minimum Gasteiger partial charge on any atom is -0.384 e. The van der Waals surface area contributed by atoms with Gasteiger partial charge in [0.25, 0.3) is 0 Å². The van der Waals surface area contributed by atoms with Crippen LogP contribution in [0.3, 0.4) is 0 Å². The van der Waals surface area contributed by atoms with Crippen molar-refractivity contribution in [1.29, 1.82) is 0 Å². The highest BCUT2D eigenvalue weighted by Gasteiger charge is 2.24. The van der Waals surface area contributed by atoms with Crippen molar-refractivity contribution in [3.8, 4) is 0 Å². The number of hydrogen-bond donors (Lipinski definition) is 2. The van der Waals surface area contributed by atoms with Crippen LogP contribution >= 0.6 is 0 Å². The average Bonchev–Trinajstić information content (AvgIpc) is 2.92. The highest BCUT2D eigenvalue weighted by molar-refractivity contribution is 7.89. The Kier molecular flexibility index (Phi) is 4.35. The fourth-order valence-electron chi connectivity index (χ4n) is 1.80. The van der Waals surface area contributed by atoms with Crippen molar-refractivity contribution in [3.05, 3.63) is 36.4 Å². The molecule has 2 aromatic rings. The summed E-state index contributed by atoms with van der Waals surface area (Å²) in [6, 6.07) is 6.84. The van der Waals surface area contributed by atoms with E-state index in [9.17, 15) is 8.42 Å². The Hall–Kier alpha value is -1.93. The molecule has 0 aliphatic carbocycles. The lowest BCUT2D eigenvalue weighted by atomic mass is 10.3. The van der Waals surface area contributed by atoms with E-state index in [1.807, 2.05) is 6.92 Å². The summed E-state index contributed by atoms with van der Waals surface area (Å²) in [4.78, 5) is 4.19. The molecule has 0 amide bonds. The number of benzene rings is 1. The molecule has 0 aliphatic heterocycles. The van der Waals surface area contributed by atoms with Gasteiger partial charge in [0.2, 0.25) is 10.0 Å². The van der Waals surface area contributed by atoms with Crippen LogP contribution in [0.1, 0.15) is 12.7 Å². The molecular formula is C12H17N5O2S. The van der Waals surface area contributed by atoms with Gasteiger partial charge in [-0.1, -0.05) is 12.1 Å². The molecule has 7 nitrogen and oxygen atoms in total. The monoisotopic (exact) mass is 295 g/mol. The number of nitrogens with one attached hydrogen (secondary N) is 2. The van der Waals surface area contributed by atoms with Gasteiger partial charge in [-0.3, -0.25) is 5.10 Å². The fraction of sp³-hybridized carbons (Fsp3) is 0.333. The first-order chi connectivity index (χ1) is 9.55. The third-order valence-electron chi connectivity index (χ3n) is 2.78. The van der Waals surface area contributed by atoms with Crippen LogP contribution in [0.25, 0.3) is 0 Å². The van der Waals surface area contributed by atoms with Crippen LogP contribution in [0.5, 0.6) is 0 Å². The molecule has 0 unspecified atom stereocenters. The van der Waals surface area contributed by atoms with Gasteiger partial charge in [-0.25, -0.2) is 13.4 Å². The van der Waals surface area contributed by atoms with Crippen molar-refractivity contribution in [3.63, 3.8) is 0 Å². The Balaban J connectivity index is 2.30. The molecule has 0 spiro atoms. The summed E-state index contributed by atoms with van der Waals surface area (Å²) in [5, 5.41) is 9.41. The van der Waals surface area contributed by atoms with E-state index in [1.54, 1.807) is 24.3 Å². The highest BCUT2D eigenvalue weighted by atomic mass is 32.2. The van der Waals surface area contributed by atoms with E-state index >= 15 is 0 Å². The minimum atomic E-state index is -3.58. The van der Waals surface area contributed by atoms with Gasteiger partial charge in [-0.05, 0) is 19.1 Å². The predicted octanol–water partition coefficient (Wildman–Crippen LogP) is 1.06. The molecule has 0 aliphatic rings. The SMILES string of the molecule is CCNc1ccccc1S(=O)(=O)N(C)Cc1ncn[nH]1. The van der Waals surface area contributed by atoms with Crippen molar-refractivity contribution >= 4 is 15.7 Å². The fourth-order valence-corrected chi connectivity index (χ4v) is 3.10. The number of rotatable bonds is 6. The first-order valence-electron chi connectivity index (χ1n) is 6.19. The molecule has 0 saturated carbocycles. The number of hydrogen-bond acceptors (Lipinski definition) is 5. The maximum Gasteiger partial charge on any atom is 0.245 e. The quantitative estimate of drug-likeness (QED) is 0.831.